The second-order valence-corrected chi connectivity index (χ2v) is 12.1. The van der Waals surface area contributed by atoms with Crippen molar-refractivity contribution in [3.63, 3.8) is 0 Å². The summed E-state index contributed by atoms with van der Waals surface area (Å²) in [5, 5.41) is 3.30. The lowest BCUT2D eigenvalue weighted by atomic mass is 10.1. The summed E-state index contributed by atoms with van der Waals surface area (Å²) >= 11 is 0. The molecule has 0 unspecified atom stereocenters. The van der Waals surface area contributed by atoms with E-state index in [9.17, 15) is 9.59 Å². The molecule has 12 nitrogen and oxygen atoms in total. The quantitative estimate of drug-likeness (QED) is 0.279. The van der Waals surface area contributed by atoms with Crippen LogP contribution in [0.25, 0.3) is 22.4 Å². The van der Waals surface area contributed by atoms with Crippen LogP contribution in [0, 0.1) is 0 Å². The Morgan fingerprint density at radius 3 is 2.59 bits per heavy atom. The number of rotatable bonds is 9. The van der Waals surface area contributed by atoms with Crippen LogP contribution in [0.5, 0.6) is 5.75 Å². The number of nitrogens with one attached hydrogen (secondary N) is 1. The number of amides is 1. The molecule has 2 aromatic carbocycles. The number of aromatic nitrogens is 4. The zero-order valence-corrected chi connectivity index (χ0v) is 26.9. The van der Waals surface area contributed by atoms with Crippen molar-refractivity contribution in [3.8, 4) is 17.0 Å². The number of hydrogen-bond donors (Lipinski definition) is 1. The minimum atomic E-state index is -0.271. The van der Waals surface area contributed by atoms with Crippen molar-refractivity contribution in [1.29, 1.82) is 0 Å². The van der Waals surface area contributed by atoms with Crippen LogP contribution in [-0.4, -0.2) is 114 Å². The standard InChI is InChI=1S/C34H41N9O3/c1-39(2)15-8-11-30(44)42-16-14-26(23-42)43-32-28(36-31(33(43)45)24-9-6-5-7-10-24)22-35-34(38-32)37-27-13-12-25(21-29(27)46-4)41-19-17-40(3)18-20-41/h5-13,21-22,26H,14-20,23H2,1-4H3,(H,35,37,38)/b11-8+/t26-/m0/s1. The average Bonchev–Trinajstić information content (AvgIpc) is 3.55. The monoisotopic (exact) mass is 623 g/mol. The van der Waals surface area contributed by atoms with Crippen LogP contribution in [0.3, 0.4) is 0 Å². The van der Waals surface area contributed by atoms with Gasteiger partial charge in [0, 0.05) is 69.2 Å². The molecule has 2 aromatic heterocycles. The van der Waals surface area contributed by atoms with Crippen LogP contribution >= 0.6 is 0 Å². The fourth-order valence-electron chi connectivity index (χ4n) is 5.97. The highest BCUT2D eigenvalue weighted by molar-refractivity contribution is 5.88. The molecule has 12 heteroatoms. The maximum atomic E-state index is 14.1. The van der Waals surface area contributed by atoms with Crippen LogP contribution in [0.2, 0.25) is 0 Å². The van der Waals surface area contributed by atoms with Gasteiger partial charge in [0.1, 0.15) is 17.0 Å². The van der Waals surface area contributed by atoms with Gasteiger partial charge in [-0.3, -0.25) is 14.2 Å². The van der Waals surface area contributed by atoms with E-state index in [-0.39, 0.29) is 17.5 Å². The highest BCUT2D eigenvalue weighted by Crippen LogP contribution is 2.32. The molecule has 0 bridgehead atoms. The third-order valence-electron chi connectivity index (χ3n) is 8.55. The number of fused-ring (bicyclic) bond motifs is 1. The Morgan fingerprint density at radius 1 is 1.07 bits per heavy atom. The van der Waals surface area contributed by atoms with Gasteiger partial charge in [-0.05, 0) is 39.7 Å². The molecule has 240 valence electrons. The molecule has 0 radical (unpaired) electrons. The lowest BCUT2D eigenvalue weighted by Crippen LogP contribution is -2.44. The van der Waals surface area contributed by atoms with Crippen molar-refractivity contribution in [1.82, 2.24) is 34.2 Å². The van der Waals surface area contributed by atoms with E-state index in [0.717, 1.165) is 31.9 Å². The maximum Gasteiger partial charge on any atom is 0.279 e. The summed E-state index contributed by atoms with van der Waals surface area (Å²) in [5.41, 5.74) is 3.51. The summed E-state index contributed by atoms with van der Waals surface area (Å²) in [5.74, 6) is 0.920. The van der Waals surface area contributed by atoms with E-state index in [2.05, 4.69) is 33.2 Å². The molecule has 46 heavy (non-hydrogen) atoms. The van der Waals surface area contributed by atoms with Crippen molar-refractivity contribution in [2.24, 2.45) is 0 Å². The van der Waals surface area contributed by atoms with Crippen molar-refractivity contribution < 1.29 is 9.53 Å². The zero-order valence-electron chi connectivity index (χ0n) is 26.9. The Labute approximate surface area is 268 Å². The predicted octanol–water partition coefficient (Wildman–Crippen LogP) is 3.25. The smallest absolute Gasteiger partial charge is 0.279 e. The fourth-order valence-corrected chi connectivity index (χ4v) is 5.97. The van der Waals surface area contributed by atoms with Crippen molar-refractivity contribution in [3.05, 3.63) is 77.2 Å². The Morgan fingerprint density at radius 2 is 1.85 bits per heavy atom. The molecule has 0 spiro atoms. The Kier molecular flexibility index (Phi) is 9.27. The Bertz CT molecular complexity index is 1780. The molecule has 1 amide bonds. The minimum Gasteiger partial charge on any atom is -0.494 e. The number of hydrogen-bond acceptors (Lipinski definition) is 10. The summed E-state index contributed by atoms with van der Waals surface area (Å²) in [7, 11) is 7.69. The fraction of sp³-hybridized carbons (Fsp3) is 0.382. The Balaban J connectivity index is 1.34. The molecule has 4 heterocycles. The van der Waals surface area contributed by atoms with Crippen molar-refractivity contribution >= 4 is 34.4 Å². The maximum absolute atomic E-state index is 14.1. The normalized spacial score (nSPS) is 17.4. The van der Waals surface area contributed by atoms with Crippen molar-refractivity contribution in [2.45, 2.75) is 12.5 Å². The minimum absolute atomic E-state index is 0.0665. The summed E-state index contributed by atoms with van der Waals surface area (Å²) in [4.78, 5) is 49.7. The first-order valence-corrected chi connectivity index (χ1v) is 15.6. The molecule has 1 N–H and O–H groups in total. The van der Waals surface area contributed by atoms with Crippen LogP contribution < -0.4 is 20.5 Å². The number of piperazine rings is 1. The molecule has 6 rings (SSSR count). The van der Waals surface area contributed by atoms with Gasteiger partial charge >= 0.3 is 0 Å². The number of likely N-dealkylation sites (tertiary alicyclic amines) is 1. The molecule has 1 atom stereocenters. The largest absolute Gasteiger partial charge is 0.494 e. The van der Waals surface area contributed by atoms with Gasteiger partial charge in [0.05, 0.1) is 25.0 Å². The van der Waals surface area contributed by atoms with E-state index in [4.69, 9.17) is 14.7 Å². The number of ether oxygens (including phenoxy) is 1. The van der Waals surface area contributed by atoms with Gasteiger partial charge in [-0.1, -0.05) is 36.4 Å². The first kappa shape index (κ1) is 31.2. The predicted molar refractivity (Wildman–Crippen MR) is 181 cm³/mol. The number of anilines is 3. The molecule has 4 aromatic rings. The van der Waals surface area contributed by atoms with Crippen LogP contribution in [0.4, 0.5) is 17.3 Å². The molecule has 2 saturated heterocycles. The number of likely N-dealkylation sites (N-methyl/N-ethyl adjacent to an activating group) is 2. The second-order valence-electron chi connectivity index (χ2n) is 12.1. The van der Waals surface area contributed by atoms with Crippen LogP contribution in [0.15, 0.2) is 71.7 Å². The average molecular weight is 624 g/mol. The molecular weight excluding hydrogens is 582 g/mol. The van der Waals surface area contributed by atoms with E-state index in [1.165, 1.54) is 0 Å². The summed E-state index contributed by atoms with van der Waals surface area (Å²) in [6, 6.07) is 15.2. The highest BCUT2D eigenvalue weighted by Gasteiger charge is 2.30. The van der Waals surface area contributed by atoms with E-state index in [1.807, 2.05) is 67.5 Å². The summed E-state index contributed by atoms with van der Waals surface area (Å²) in [6.07, 6.45) is 5.72. The third-order valence-corrected chi connectivity index (χ3v) is 8.55. The first-order valence-electron chi connectivity index (χ1n) is 15.6. The van der Waals surface area contributed by atoms with Crippen molar-refractivity contribution in [2.75, 3.05) is 84.3 Å². The van der Waals surface area contributed by atoms with Gasteiger partial charge in [-0.2, -0.15) is 4.98 Å². The van der Waals surface area contributed by atoms with E-state index < -0.39 is 0 Å². The molecule has 0 saturated carbocycles. The number of benzene rings is 2. The number of methoxy groups -OCH3 is 1. The molecule has 2 aliphatic rings. The van der Waals surface area contributed by atoms with Gasteiger partial charge in [-0.25, -0.2) is 9.97 Å². The topological polar surface area (TPSA) is 112 Å². The van der Waals surface area contributed by atoms with E-state index in [1.54, 1.807) is 28.8 Å². The van der Waals surface area contributed by atoms with Gasteiger partial charge < -0.3 is 29.7 Å². The molecule has 2 aliphatic heterocycles. The first-order chi connectivity index (χ1) is 22.3. The van der Waals surface area contributed by atoms with Crippen LogP contribution in [-0.2, 0) is 4.79 Å². The van der Waals surface area contributed by atoms with Gasteiger partial charge in [0.25, 0.3) is 5.56 Å². The van der Waals surface area contributed by atoms with Gasteiger partial charge in [0.15, 0.2) is 5.65 Å². The summed E-state index contributed by atoms with van der Waals surface area (Å²) < 4.78 is 7.45. The van der Waals surface area contributed by atoms with Crippen LogP contribution in [0.1, 0.15) is 12.5 Å². The Hall–Kier alpha value is -4.81. The third kappa shape index (κ3) is 6.73. The molecule has 0 aliphatic carbocycles. The molecule has 2 fully saturated rings. The summed E-state index contributed by atoms with van der Waals surface area (Å²) in [6.45, 7) is 5.53. The number of carbonyl (C=O) groups excluding carboxylic acids is 1. The zero-order chi connectivity index (χ0) is 32.2. The van der Waals surface area contributed by atoms with E-state index >= 15 is 0 Å². The SMILES string of the molecule is COc1cc(N2CCN(C)CC2)ccc1Nc1ncc2nc(-c3ccccc3)c(=O)n([C@H]3CCN(C(=O)/C=C/CN(C)C)C3)c2n1. The van der Waals surface area contributed by atoms with E-state index in [0.29, 0.717) is 65.9 Å². The second kappa shape index (κ2) is 13.7. The van der Waals surface area contributed by atoms with Gasteiger partial charge in [0.2, 0.25) is 11.9 Å². The van der Waals surface area contributed by atoms with Gasteiger partial charge in [-0.15, -0.1) is 0 Å². The lowest BCUT2D eigenvalue weighted by Gasteiger charge is -2.34. The number of nitrogens with zero attached hydrogens (tertiary/aromatic N) is 8. The number of carbonyl (C=O) groups is 1. The lowest BCUT2D eigenvalue weighted by molar-refractivity contribution is -0.125. The molecular formula is C34H41N9O3. The highest BCUT2D eigenvalue weighted by atomic mass is 16.5.